The number of hydrogen-bond acceptors (Lipinski definition) is 4. The molecule has 6 rings (SSSR count). The molecule has 2 aromatic heterocycles. The molecular formula is C27H26FN5O. The molecule has 0 saturated heterocycles. The smallest absolute Gasteiger partial charge is 0.254 e. The lowest BCUT2D eigenvalue weighted by Gasteiger charge is -2.31. The topological polar surface area (TPSA) is 61.7 Å². The first-order chi connectivity index (χ1) is 16.5. The molecule has 1 aliphatic heterocycles. The zero-order valence-corrected chi connectivity index (χ0v) is 19.2. The Hall–Kier alpha value is -3.71. The molecule has 7 heteroatoms. The molecule has 0 unspecified atom stereocenters. The number of imidazole rings is 1. The Morgan fingerprint density at radius 3 is 2.91 bits per heavy atom. The molecule has 4 aromatic rings. The van der Waals surface area contributed by atoms with E-state index in [1.807, 2.05) is 16.5 Å². The first-order valence-corrected chi connectivity index (χ1v) is 11.6. The molecule has 2 aliphatic rings. The summed E-state index contributed by atoms with van der Waals surface area (Å²) in [5, 5.41) is 6.48. The number of rotatable bonds is 4. The zero-order valence-electron chi connectivity index (χ0n) is 19.2. The Kier molecular flexibility index (Phi) is 4.88. The summed E-state index contributed by atoms with van der Waals surface area (Å²) in [5.74, 6) is -0.420. The van der Waals surface area contributed by atoms with Gasteiger partial charge in [0, 0.05) is 36.1 Å². The van der Waals surface area contributed by atoms with Gasteiger partial charge in [0.15, 0.2) is 0 Å². The number of hydrogen-bond donors (Lipinski definition) is 2. The van der Waals surface area contributed by atoms with Gasteiger partial charge in [-0.3, -0.25) is 9.20 Å². The number of amides is 1. The van der Waals surface area contributed by atoms with Crippen molar-refractivity contribution in [2.75, 3.05) is 19.4 Å². The maximum Gasteiger partial charge on any atom is 0.254 e. The summed E-state index contributed by atoms with van der Waals surface area (Å²) in [7, 11) is 4.26. The second-order valence-electron chi connectivity index (χ2n) is 9.32. The van der Waals surface area contributed by atoms with Gasteiger partial charge in [-0.25, -0.2) is 9.37 Å². The van der Waals surface area contributed by atoms with E-state index >= 15 is 0 Å². The van der Waals surface area contributed by atoms with E-state index in [0.717, 1.165) is 41.0 Å². The minimum absolute atomic E-state index is 0.0941. The van der Waals surface area contributed by atoms with Crippen molar-refractivity contribution >= 4 is 22.9 Å². The predicted molar refractivity (Wildman–Crippen MR) is 131 cm³/mol. The van der Waals surface area contributed by atoms with Crippen molar-refractivity contribution in [2.24, 2.45) is 0 Å². The van der Waals surface area contributed by atoms with Crippen molar-refractivity contribution in [1.82, 2.24) is 19.6 Å². The van der Waals surface area contributed by atoms with Gasteiger partial charge in [-0.05, 0) is 74.3 Å². The third-order valence-corrected chi connectivity index (χ3v) is 7.05. The molecule has 0 spiro atoms. The van der Waals surface area contributed by atoms with Crippen LogP contribution in [0.25, 0.3) is 16.9 Å². The fraction of sp³-hybridized carbons (Fsp3) is 0.259. The highest BCUT2D eigenvalue weighted by molar-refractivity contribution is 6.06. The van der Waals surface area contributed by atoms with Crippen molar-refractivity contribution in [3.63, 3.8) is 0 Å². The SMILES string of the molecule is CN(C)[C@H]1CCCc2ccc(Nc3ccc(-c4cnc5cc(F)ccn45)c4c3C(=O)NC4)cc21. The van der Waals surface area contributed by atoms with Crippen molar-refractivity contribution in [2.45, 2.75) is 31.8 Å². The number of carbonyl (C=O) groups excluding carboxylic acids is 1. The first-order valence-electron chi connectivity index (χ1n) is 11.6. The Bertz CT molecular complexity index is 1440. The lowest BCUT2D eigenvalue weighted by molar-refractivity contribution is 0.0966. The van der Waals surface area contributed by atoms with Gasteiger partial charge in [0.25, 0.3) is 5.91 Å². The van der Waals surface area contributed by atoms with Crippen molar-refractivity contribution in [3.8, 4) is 11.3 Å². The van der Waals surface area contributed by atoms with Crippen LogP contribution in [-0.4, -0.2) is 34.3 Å². The predicted octanol–water partition coefficient (Wildman–Crippen LogP) is 5.07. The van der Waals surface area contributed by atoms with E-state index in [4.69, 9.17) is 0 Å². The number of nitrogens with one attached hydrogen (secondary N) is 2. The summed E-state index contributed by atoms with van der Waals surface area (Å²) in [6, 6.07) is 13.7. The maximum atomic E-state index is 13.6. The van der Waals surface area contributed by atoms with Crippen LogP contribution in [-0.2, 0) is 13.0 Å². The summed E-state index contributed by atoms with van der Waals surface area (Å²) >= 11 is 0. The summed E-state index contributed by atoms with van der Waals surface area (Å²) < 4.78 is 15.5. The Morgan fingerprint density at radius 2 is 2.06 bits per heavy atom. The molecule has 1 aliphatic carbocycles. The van der Waals surface area contributed by atoms with Gasteiger partial charge in [-0.1, -0.05) is 12.1 Å². The second kappa shape index (κ2) is 7.95. The van der Waals surface area contributed by atoms with E-state index < -0.39 is 0 Å². The van der Waals surface area contributed by atoms with E-state index in [2.05, 4.69) is 52.8 Å². The average Bonchev–Trinajstić information content (AvgIpc) is 3.42. The van der Waals surface area contributed by atoms with E-state index in [-0.39, 0.29) is 11.7 Å². The number of benzene rings is 2. The average molecular weight is 456 g/mol. The fourth-order valence-electron chi connectivity index (χ4n) is 5.39. The largest absolute Gasteiger partial charge is 0.355 e. The molecule has 6 nitrogen and oxygen atoms in total. The van der Waals surface area contributed by atoms with Gasteiger partial charge in [-0.2, -0.15) is 0 Å². The molecule has 0 bridgehead atoms. The quantitative estimate of drug-likeness (QED) is 0.451. The van der Waals surface area contributed by atoms with E-state index in [9.17, 15) is 9.18 Å². The van der Waals surface area contributed by atoms with Crippen LogP contribution in [0.15, 0.2) is 54.9 Å². The number of carbonyl (C=O) groups is 1. The number of nitrogens with zero attached hydrogens (tertiary/aromatic N) is 3. The summed E-state index contributed by atoms with van der Waals surface area (Å²) in [6.07, 6.45) is 6.86. The molecule has 0 radical (unpaired) electrons. The molecule has 1 atom stereocenters. The van der Waals surface area contributed by atoms with Gasteiger partial charge in [0.05, 0.1) is 23.1 Å². The number of aryl methyl sites for hydroxylation is 1. The summed E-state index contributed by atoms with van der Waals surface area (Å²) in [5.41, 5.74) is 8.37. The highest BCUT2D eigenvalue weighted by Crippen LogP contribution is 2.38. The normalized spacial score (nSPS) is 17.1. The molecule has 0 saturated carbocycles. The Labute approximate surface area is 197 Å². The monoisotopic (exact) mass is 455 g/mol. The first kappa shape index (κ1) is 20.9. The van der Waals surface area contributed by atoms with Crippen LogP contribution in [0.1, 0.15) is 45.9 Å². The lowest BCUT2D eigenvalue weighted by Crippen LogP contribution is -2.24. The third kappa shape index (κ3) is 3.35. The second-order valence-corrected chi connectivity index (χ2v) is 9.32. The zero-order chi connectivity index (χ0) is 23.4. The van der Waals surface area contributed by atoms with Crippen LogP contribution in [0.3, 0.4) is 0 Å². The summed E-state index contributed by atoms with van der Waals surface area (Å²) in [4.78, 5) is 19.5. The van der Waals surface area contributed by atoms with Gasteiger partial charge < -0.3 is 15.5 Å². The fourth-order valence-corrected chi connectivity index (χ4v) is 5.39. The molecule has 3 heterocycles. The molecule has 34 heavy (non-hydrogen) atoms. The molecular weight excluding hydrogens is 429 g/mol. The van der Waals surface area contributed by atoms with Gasteiger partial charge in [0.2, 0.25) is 0 Å². The van der Waals surface area contributed by atoms with Crippen LogP contribution in [0.2, 0.25) is 0 Å². The molecule has 172 valence electrons. The van der Waals surface area contributed by atoms with Crippen LogP contribution in [0, 0.1) is 5.82 Å². The minimum atomic E-state index is -0.326. The van der Waals surface area contributed by atoms with Crippen LogP contribution < -0.4 is 10.6 Å². The number of aromatic nitrogens is 2. The van der Waals surface area contributed by atoms with E-state index in [1.165, 1.54) is 29.7 Å². The van der Waals surface area contributed by atoms with E-state index in [1.54, 1.807) is 12.4 Å². The van der Waals surface area contributed by atoms with Crippen LogP contribution in [0.5, 0.6) is 0 Å². The Balaban J connectivity index is 1.41. The standard InChI is InChI=1S/C27H26FN5O/c1-32(2)23-5-3-4-16-6-7-18(13-20(16)23)31-22-9-8-19(21-14-30-27(34)26(21)22)24-15-29-25-12-17(28)10-11-33(24)25/h6-13,15,23,31H,3-5,14H2,1-2H3,(H,30,34)/t23-/m0/s1. The van der Waals surface area contributed by atoms with Crippen molar-refractivity contribution < 1.29 is 9.18 Å². The van der Waals surface area contributed by atoms with Crippen LogP contribution >= 0.6 is 0 Å². The number of halogens is 1. The maximum absolute atomic E-state index is 13.6. The van der Waals surface area contributed by atoms with E-state index in [0.29, 0.717) is 23.8 Å². The highest BCUT2D eigenvalue weighted by atomic mass is 19.1. The number of fused-ring (bicyclic) bond motifs is 3. The van der Waals surface area contributed by atoms with Crippen LogP contribution in [0.4, 0.5) is 15.8 Å². The number of pyridine rings is 1. The third-order valence-electron chi connectivity index (χ3n) is 7.05. The molecule has 1 amide bonds. The van der Waals surface area contributed by atoms with Crippen molar-refractivity contribution in [1.29, 1.82) is 0 Å². The molecule has 0 fully saturated rings. The lowest BCUT2D eigenvalue weighted by atomic mass is 9.86. The van der Waals surface area contributed by atoms with Gasteiger partial charge in [0.1, 0.15) is 11.5 Å². The van der Waals surface area contributed by atoms with Gasteiger partial charge in [-0.15, -0.1) is 0 Å². The number of anilines is 2. The molecule has 2 N–H and O–H groups in total. The minimum Gasteiger partial charge on any atom is -0.355 e. The molecule has 2 aromatic carbocycles. The van der Waals surface area contributed by atoms with Gasteiger partial charge >= 0.3 is 0 Å². The summed E-state index contributed by atoms with van der Waals surface area (Å²) in [6.45, 7) is 0.445. The highest BCUT2D eigenvalue weighted by Gasteiger charge is 2.28. The van der Waals surface area contributed by atoms with Crippen molar-refractivity contribution in [3.05, 3.63) is 82.9 Å². The Morgan fingerprint density at radius 1 is 1.18 bits per heavy atom.